The van der Waals surface area contributed by atoms with Crippen LogP contribution in [0.15, 0.2) is 48.5 Å². The fraction of sp³-hybridized carbons (Fsp3) is 0.176. The zero-order valence-corrected chi connectivity index (χ0v) is 13.1. The Kier molecular flexibility index (Phi) is 4.44. The summed E-state index contributed by atoms with van der Waals surface area (Å²) in [5, 5.41) is 2.89. The Balaban J connectivity index is 1.49. The van der Waals surface area contributed by atoms with Crippen LogP contribution in [0.4, 0.5) is 5.69 Å². The van der Waals surface area contributed by atoms with Crippen LogP contribution in [0.1, 0.15) is 11.4 Å². The lowest BCUT2D eigenvalue weighted by molar-refractivity contribution is -0.113. The van der Waals surface area contributed by atoms with E-state index >= 15 is 0 Å². The summed E-state index contributed by atoms with van der Waals surface area (Å²) in [7, 11) is 0. The van der Waals surface area contributed by atoms with Gasteiger partial charge in [-0.1, -0.05) is 29.8 Å². The van der Waals surface area contributed by atoms with Gasteiger partial charge in [-0.25, -0.2) is 4.98 Å². The van der Waals surface area contributed by atoms with Crippen LogP contribution in [0.25, 0.3) is 11.0 Å². The lowest BCUT2D eigenvalue weighted by Crippen LogP contribution is -2.14. The third-order valence-electron chi connectivity index (χ3n) is 3.25. The number of imidazole rings is 1. The van der Waals surface area contributed by atoms with Gasteiger partial charge in [-0.2, -0.15) is 0 Å². The second-order valence-corrected chi connectivity index (χ2v) is 6.09. The molecule has 1 heterocycles. The maximum Gasteiger partial charge on any atom is 0.234 e. The first-order chi connectivity index (χ1) is 10.7. The average molecular weight is 311 g/mol. The lowest BCUT2D eigenvalue weighted by atomic mass is 10.2. The maximum absolute atomic E-state index is 11.9. The van der Waals surface area contributed by atoms with Gasteiger partial charge in [-0.3, -0.25) is 4.79 Å². The van der Waals surface area contributed by atoms with E-state index in [9.17, 15) is 4.79 Å². The number of hydrogen-bond acceptors (Lipinski definition) is 3. The molecule has 2 N–H and O–H groups in total. The van der Waals surface area contributed by atoms with E-state index in [0.717, 1.165) is 22.5 Å². The van der Waals surface area contributed by atoms with Crippen LogP contribution < -0.4 is 5.32 Å². The number of anilines is 1. The highest BCUT2D eigenvalue weighted by Gasteiger charge is 2.05. The van der Waals surface area contributed by atoms with Crippen LogP contribution in [0, 0.1) is 6.92 Å². The molecule has 1 amide bonds. The number of aryl methyl sites for hydroxylation is 1. The number of nitrogens with one attached hydrogen (secondary N) is 2. The number of aromatic nitrogens is 2. The second-order valence-electron chi connectivity index (χ2n) is 5.11. The predicted octanol–water partition coefficient (Wildman–Crippen LogP) is 3.74. The molecule has 22 heavy (non-hydrogen) atoms. The highest BCUT2D eigenvalue weighted by molar-refractivity contribution is 7.99. The highest BCUT2D eigenvalue weighted by atomic mass is 32.2. The molecule has 3 aromatic rings. The molecule has 0 aliphatic carbocycles. The molecule has 0 aliphatic heterocycles. The smallest absolute Gasteiger partial charge is 0.234 e. The lowest BCUT2D eigenvalue weighted by Gasteiger charge is -2.04. The van der Waals surface area contributed by atoms with E-state index in [1.807, 2.05) is 55.5 Å². The van der Waals surface area contributed by atoms with Gasteiger partial charge in [0, 0.05) is 5.69 Å². The summed E-state index contributed by atoms with van der Waals surface area (Å²) in [5.74, 6) is 2.00. The van der Waals surface area contributed by atoms with Crippen molar-refractivity contribution in [3.63, 3.8) is 0 Å². The van der Waals surface area contributed by atoms with Gasteiger partial charge in [0.1, 0.15) is 5.82 Å². The van der Waals surface area contributed by atoms with Gasteiger partial charge in [-0.05, 0) is 31.2 Å². The number of para-hydroxylation sites is 2. The number of amides is 1. The molecule has 0 bridgehead atoms. The van der Waals surface area contributed by atoms with Gasteiger partial charge < -0.3 is 10.3 Å². The van der Waals surface area contributed by atoms with Gasteiger partial charge in [0.25, 0.3) is 0 Å². The van der Waals surface area contributed by atoms with Crippen molar-refractivity contribution in [3.8, 4) is 0 Å². The molecule has 0 atom stereocenters. The van der Waals surface area contributed by atoms with Crippen LogP contribution >= 0.6 is 11.8 Å². The zero-order chi connectivity index (χ0) is 15.4. The van der Waals surface area contributed by atoms with E-state index < -0.39 is 0 Å². The summed E-state index contributed by atoms with van der Waals surface area (Å²) in [4.78, 5) is 19.7. The first-order valence-electron chi connectivity index (χ1n) is 7.08. The van der Waals surface area contributed by atoms with E-state index in [0.29, 0.717) is 11.5 Å². The van der Waals surface area contributed by atoms with Crippen LogP contribution in [0.3, 0.4) is 0 Å². The molecule has 0 radical (unpaired) electrons. The van der Waals surface area contributed by atoms with Crippen molar-refractivity contribution in [2.45, 2.75) is 12.7 Å². The van der Waals surface area contributed by atoms with Crippen LogP contribution in [-0.4, -0.2) is 21.6 Å². The normalized spacial score (nSPS) is 10.8. The Morgan fingerprint density at radius 2 is 1.95 bits per heavy atom. The van der Waals surface area contributed by atoms with Gasteiger partial charge in [0.05, 0.1) is 22.5 Å². The second kappa shape index (κ2) is 6.66. The summed E-state index contributed by atoms with van der Waals surface area (Å²) in [6.07, 6.45) is 0. The number of fused-ring (bicyclic) bond motifs is 1. The largest absolute Gasteiger partial charge is 0.341 e. The van der Waals surface area contributed by atoms with Crippen molar-refractivity contribution in [1.82, 2.24) is 9.97 Å². The summed E-state index contributed by atoms with van der Waals surface area (Å²) in [6.45, 7) is 2.02. The average Bonchev–Trinajstić information content (AvgIpc) is 2.92. The number of rotatable bonds is 5. The van der Waals surface area contributed by atoms with Gasteiger partial charge in [0.2, 0.25) is 5.91 Å². The summed E-state index contributed by atoms with van der Waals surface area (Å²) in [5.41, 5.74) is 4.00. The molecule has 5 heteroatoms. The Labute approximate surface area is 133 Å². The molecule has 4 nitrogen and oxygen atoms in total. The van der Waals surface area contributed by atoms with Crippen molar-refractivity contribution in [3.05, 3.63) is 59.9 Å². The molecule has 0 spiro atoms. The monoisotopic (exact) mass is 311 g/mol. The van der Waals surface area contributed by atoms with Crippen molar-refractivity contribution >= 4 is 34.4 Å². The van der Waals surface area contributed by atoms with E-state index in [4.69, 9.17) is 0 Å². The molecule has 2 aromatic carbocycles. The van der Waals surface area contributed by atoms with E-state index in [1.54, 1.807) is 11.8 Å². The number of carbonyl (C=O) groups is 1. The number of benzene rings is 2. The van der Waals surface area contributed by atoms with Gasteiger partial charge >= 0.3 is 0 Å². The number of carbonyl (C=O) groups excluding carboxylic acids is 1. The number of aromatic amines is 1. The van der Waals surface area contributed by atoms with E-state index in [1.165, 1.54) is 5.56 Å². The maximum atomic E-state index is 11.9. The molecular weight excluding hydrogens is 294 g/mol. The van der Waals surface area contributed by atoms with Crippen LogP contribution in [0.5, 0.6) is 0 Å². The number of nitrogens with zero attached hydrogens (tertiary/aromatic N) is 1. The van der Waals surface area contributed by atoms with Crippen molar-refractivity contribution in [2.24, 2.45) is 0 Å². The molecule has 0 aliphatic rings. The predicted molar refractivity (Wildman–Crippen MR) is 92.1 cm³/mol. The van der Waals surface area contributed by atoms with E-state index in [-0.39, 0.29) is 5.91 Å². The molecule has 1 aromatic heterocycles. The Hall–Kier alpha value is -2.27. The number of thioether (sulfide) groups is 1. The molecule has 112 valence electrons. The molecule has 3 rings (SSSR count). The fourth-order valence-electron chi connectivity index (χ4n) is 2.15. The minimum absolute atomic E-state index is 0.00460. The molecular formula is C17H17N3OS. The van der Waals surface area contributed by atoms with Crippen molar-refractivity contribution in [2.75, 3.05) is 11.1 Å². The standard InChI is InChI=1S/C17H17N3OS/c1-12-6-8-13(9-7-12)18-17(21)11-22-10-16-19-14-4-2-3-5-15(14)20-16/h2-9H,10-11H2,1H3,(H,18,21)(H,19,20). The third-order valence-corrected chi connectivity index (χ3v) is 4.19. The quantitative estimate of drug-likeness (QED) is 0.754. The highest BCUT2D eigenvalue weighted by Crippen LogP contribution is 2.15. The van der Waals surface area contributed by atoms with Crippen molar-refractivity contribution in [1.29, 1.82) is 0 Å². The first kappa shape index (κ1) is 14.7. The van der Waals surface area contributed by atoms with Crippen LogP contribution in [0.2, 0.25) is 0 Å². The fourth-order valence-corrected chi connectivity index (χ4v) is 2.84. The minimum Gasteiger partial charge on any atom is -0.341 e. The summed E-state index contributed by atoms with van der Waals surface area (Å²) >= 11 is 1.55. The van der Waals surface area contributed by atoms with Crippen molar-refractivity contribution < 1.29 is 4.79 Å². The third kappa shape index (κ3) is 3.68. The molecule has 0 saturated carbocycles. The summed E-state index contributed by atoms with van der Waals surface area (Å²) < 4.78 is 0. The van der Waals surface area contributed by atoms with Crippen LogP contribution in [-0.2, 0) is 10.5 Å². The van der Waals surface area contributed by atoms with Gasteiger partial charge in [-0.15, -0.1) is 11.8 Å². The topological polar surface area (TPSA) is 57.8 Å². The SMILES string of the molecule is Cc1ccc(NC(=O)CSCc2nc3ccccc3[nH]2)cc1. The Morgan fingerprint density at radius 3 is 2.73 bits per heavy atom. The first-order valence-corrected chi connectivity index (χ1v) is 8.24. The number of H-pyrrole nitrogens is 1. The van der Waals surface area contributed by atoms with E-state index in [2.05, 4.69) is 15.3 Å². The number of hydrogen-bond donors (Lipinski definition) is 2. The zero-order valence-electron chi connectivity index (χ0n) is 12.3. The summed E-state index contributed by atoms with van der Waals surface area (Å²) in [6, 6.07) is 15.7. The van der Waals surface area contributed by atoms with Gasteiger partial charge in [0.15, 0.2) is 0 Å². The molecule has 0 unspecified atom stereocenters. The Bertz CT molecular complexity index is 747. The minimum atomic E-state index is 0.00460. The Morgan fingerprint density at radius 1 is 1.18 bits per heavy atom. The molecule has 0 fully saturated rings. The molecule has 0 saturated heterocycles.